The normalized spacial score (nSPS) is 10.2. The first kappa shape index (κ1) is 13.8. The van der Waals surface area contributed by atoms with Gasteiger partial charge in [0.1, 0.15) is 0 Å². The Morgan fingerprint density at radius 3 is 1.95 bits per heavy atom. The first-order valence-corrected chi connectivity index (χ1v) is 6.17. The van der Waals surface area contributed by atoms with Crippen molar-refractivity contribution >= 4 is 11.9 Å². The summed E-state index contributed by atoms with van der Waals surface area (Å²) >= 11 is 0. The number of benzene rings is 2. The fraction of sp³-hybridized carbons (Fsp3) is 0.125. The quantitative estimate of drug-likeness (QED) is 0.875. The van der Waals surface area contributed by atoms with Crippen LogP contribution >= 0.6 is 0 Å². The highest BCUT2D eigenvalue weighted by Crippen LogP contribution is 2.18. The lowest BCUT2D eigenvalue weighted by molar-refractivity contribution is -0.136. The molecule has 2 aromatic carbocycles. The van der Waals surface area contributed by atoms with Crippen molar-refractivity contribution < 1.29 is 19.8 Å². The van der Waals surface area contributed by atoms with E-state index in [-0.39, 0.29) is 12.0 Å². The van der Waals surface area contributed by atoms with Crippen LogP contribution in [0.4, 0.5) is 0 Å². The summed E-state index contributed by atoms with van der Waals surface area (Å²) in [4.78, 5) is 22.0. The molecule has 0 aliphatic heterocycles. The molecule has 20 heavy (non-hydrogen) atoms. The van der Waals surface area contributed by atoms with E-state index in [0.717, 1.165) is 5.56 Å². The maximum atomic E-state index is 11.2. The Labute approximate surface area is 116 Å². The zero-order valence-corrected chi connectivity index (χ0v) is 10.7. The molecule has 0 saturated heterocycles. The molecule has 0 heterocycles. The fourth-order valence-electron chi connectivity index (χ4n) is 2.15. The highest BCUT2D eigenvalue weighted by atomic mass is 16.4. The van der Waals surface area contributed by atoms with E-state index in [4.69, 9.17) is 10.2 Å². The summed E-state index contributed by atoms with van der Waals surface area (Å²) in [5.74, 6) is -1.87. The predicted octanol–water partition coefficient (Wildman–Crippen LogP) is 2.60. The highest BCUT2D eigenvalue weighted by molar-refractivity contribution is 5.89. The second-order valence-electron chi connectivity index (χ2n) is 4.48. The molecule has 102 valence electrons. The van der Waals surface area contributed by atoms with Crippen LogP contribution in [0, 0.1) is 0 Å². The first-order chi connectivity index (χ1) is 9.58. The number of carboxylic acid groups (broad SMARTS) is 2. The number of rotatable bonds is 5. The molecule has 4 heteroatoms. The zero-order chi connectivity index (χ0) is 14.5. The largest absolute Gasteiger partial charge is 0.481 e. The monoisotopic (exact) mass is 270 g/mol. The van der Waals surface area contributed by atoms with Gasteiger partial charge in [0.15, 0.2) is 0 Å². The van der Waals surface area contributed by atoms with Gasteiger partial charge in [0, 0.05) is 0 Å². The molecule has 0 aliphatic carbocycles. The van der Waals surface area contributed by atoms with Crippen molar-refractivity contribution in [2.24, 2.45) is 0 Å². The minimum absolute atomic E-state index is 0.0641. The van der Waals surface area contributed by atoms with E-state index in [9.17, 15) is 9.59 Å². The standard InChI is InChI=1S/C16H14O4/c17-15(18)10-12-6-2-1-5-11(12)9-13-7-3-4-8-14(13)16(19)20/h1-8H,9-10H2,(H,17,18)(H,19,20). The third-order valence-electron chi connectivity index (χ3n) is 3.09. The summed E-state index contributed by atoms with van der Waals surface area (Å²) in [6.07, 6.45) is 0.345. The molecule has 2 rings (SSSR count). The zero-order valence-electron chi connectivity index (χ0n) is 10.7. The van der Waals surface area contributed by atoms with Gasteiger partial charge in [-0.3, -0.25) is 4.79 Å². The van der Waals surface area contributed by atoms with Crippen molar-refractivity contribution in [1.29, 1.82) is 0 Å². The Hall–Kier alpha value is -2.62. The Morgan fingerprint density at radius 1 is 0.800 bits per heavy atom. The van der Waals surface area contributed by atoms with Crippen molar-refractivity contribution in [3.63, 3.8) is 0 Å². The molecule has 0 radical (unpaired) electrons. The van der Waals surface area contributed by atoms with E-state index in [1.54, 1.807) is 36.4 Å². The summed E-state index contributed by atoms with van der Waals surface area (Å²) in [5, 5.41) is 18.1. The summed E-state index contributed by atoms with van der Waals surface area (Å²) < 4.78 is 0. The van der Waals surface area contributed by atoms with Gasteiger partial charge in [-0.2, -0.15) is 0 Å². The van der Waals surface area contributed by atoms with Gasteiger partial charge in [-0.25, -0.2) is 4.79 Å². The second kappa shape index (κ2) is 6.02. The molecular weight excluding hydrogens is 256 g/mol. The fourth-order valence-corrected chi connectivity index (χ4v) is 2.15. The molecule has 2 aromatic rings. The SMILES string of the molecule is O=C(O)Cc1ccccc1Cc1ccccc1C(=O)O. The third-order valence-corrected chi connectivity index (χ3v) is 3.09. The van der Waals surface area contributed by atoms with Crippen molar-refractivity contribution in [1.82, 2.24) is 0 Å². The van der Waals surface area contributed by atoms with Gasteiger partial charge in [-0.05, 0) is 29.2 Å². The van der Waals surface area contributed by atoms with Crippen LogP contribution in [0.5, 0.6) is 0 Å². The molecule has 0 bridgehead atoms. The van der Waals surface area contributed by atoms with Crippen molar-refractivity contribution in [3.8, 4) is 0 Å². The molecule has 2 N–H and O–H groups in total. The molecule has 0 spiro atoms. The van der Waals surface area contributed by atoms with Crippen LogP contribution in [0.15, 0.2) is 48.5 Å². The molecule has 0 saturated carbocycles. The average Bonchev–Trinajstić information content (AvgIpc) is 2.41. The van der Waals surface area contributed by atoms with Crippen LogP contribution in [-0.4, -0.2) is 22.2 Å². The molecule has 0 fully saturated rings. The molecule has 0 atom stereocenters. The maximum Gasteiger partial charge on any atom is 0.335 e. The number of carboxylic acids is 2. The number of aliphatic carboxylic acids is 1. The van der Waals surface area contributed by atoms with E-state index in [0.29, 0.717) is 17.5 Å². The average molecular weight is 270 g/mol. The minimum atomic E-state index is -0.976. The third kappa shape index (κ3) is 3.23. The lowest BCUT2D eigenvalue weighted by atomic mass is 9.95. The van der Waals surface area contributed by atoms with E-state index in [1.165, 1.54) is 0 Å². The van der Waals surface area contributed by atoms with Crippen molar-refractivity contribution in [2.45, 2.75) is 12.8 Å². The summed E-state index contributed by atoms with van der Waals surface area (Å²) in [6.45, 7) is 0. The van der Waals surface area contributed by atoms with Crippen LogP contribution in [-0.2, 0) is 17.6 Å². The van der Waals surface area contributed by atoms with E-state index in [2.05, 4.69) is 0 Å². The van der Waals surface area contributed by atoms with Gasteiger partial charge < -0.3 is 10.2 Å². The predicted molar refractivity (Wildman–Crippen MR) is 74.0 cm³/mol. The minimum Gasteiger partial charge on any atom is -0.481 e. The van der Waals surface area contributed by atoms with E-state index in [1.807, 2.05) is 12.1 Å². The molecule has 4 nitrogen and oxygen atoms in total. The summed E-state index contributed by atoms with van der Waals surface area (Å²) in [6, 6.07) is 14.0. The van der Waals surface area contributed by atoms with Gasteiger partial charge >= 0.3 is 11.9 Å². The number of aromatic carboxylic acids is 1. The Balaban J connectivity index is 2.35. The molecule has 0 amide bonds. The van der Waals surface area contributed by atoms with Crippen LogP contribution in [0.3, 0.4) is 0 Å². The number of hydrogen-bond donors (Lipinski definition) is 2. The molecule has 0 unspecified atom stereocenters. The van der Waals surface area contributed by atoms with Crippen LogP contribution in [0.25, 0.3) is 0 Å². The Kier molecular flexibility index (Phi) is 4.15. The topological polar surface area (TPSA) is 74.6 Å². The van der Waals surface area contributed by atoms with Crippen LogP contribution in [0.2, 0.25) is 0 Å². The van der Waals surface area contributed by atoms with Gasteiger partial charge in [-0.1, -0.05) is 42.5 Å². The van der Waals surface area contributed by atoms with E-state index >= 15 is 0 Å². The van der Waals surface area contributed by atoms with Gasteiger partial charge in [0.05, 0.1) is 12.0 Å². The Morgan fingerprint density at radius 2 is 1.35 bits per heavy atom. The second-order valence-corrected chi connectivity index (χ2v) is 4.48. The first-order valence-electron chi connectivity index (χ1n) is 6.17. The molecule has 0 aliphatic rings. The molecule has 0 aromatic heterocycles. The number of carbonyl (C=O) groups is 2. The van der Waals surface area contributed by atoms with Gasteiger partial charge in [0.2, 0.25) is 0 Å². The van der Waals surface area contributed by atoms with Crippen molar-refractivity contribution in [3.05, 3.63) is 70.8 Å². The van der Waals surface area contributed by atoms with Crippen LogP contribution in [0.1, 0.15) is 27.0 Å². The smallest absolute Gasteiger partial charge is 0.335 e. The maximum absolute atomic E-state index is 11.2. The van der Waals surface area contributed by atoms with E-state index < -0.39 is 11.9 Å². The summed E-state index contributed by atoms with van der Waals surface area (Å²) in [5.41, 5.74) is 2.47. The van der Waals surface area contributed by atoms with Crippen LogP contribution < -0.4 is 0 Å². The molecular formula is C16H14O4. The Bertz CT molecular complexity index is 646. The van der Waals surface area contributed by atoms with Gasteiger partial charge in [0.25, 0.3) is 0 Å². The lowest BCUT2D eigenvalue weighted by Gasteiger charge is -2.10. The van der Waals surface area contributed by atoms with Gasteiger partial charge in [-0.15, -0.1) is 0 Å². The lowest BCUT2D eigenvalue weighted by Crippen LogP contribution is -2.06. The summed E-state index contributed by atoms with van der Waals surface area (Å²) in [7, 11) is 0. The highest BCUT2D eigenvalue weighted by Gasteiger charge is 2.12. The number of hydrogen-bond acceptors (Lipinski definition) is 2. The van der Waals surface area contributed by atoms with Crippen molar-refractivity contribution in [2.75, 3.05) is 0 Å².